The first-order chi connectivity index (χ1) is 15.8. The van der Waals surface area contributed by atoms with Gasteiger partial charge in [0.2, 0.25) is 0 Å². The number of rotatable bonds is 6. The first-order valence-corrected chi connectivity index (χ1v) is 12.9. The second-order valence-corrected chi connectivity index (χ2v) is 10.8. The van der Waals surface area contributed by atoms with Gasteiger partial charge in [0.15, 0.2) is 6.29 Å². The van der Waals surface area contributed by atoms with Crippen LogP contribution in [0.5, 0.6) is 0 Å². The van der Waals surface area contributed by atoms with E-state index < -0.39 is 22.6 Å². The molecule has 1 aromatic carbocycles. The third-order valence-electron chi connectivity index (χ3n) is 8.18. The molecule has 3 fully saturated rings. The molecule has 0 atom stereocenters. The van der Waals surface area contributed by atoms with Crippen LogP contribution in [-0.2, 0) is 14.9 Å². The molecule has 2 saturated carbocycles. The summed E-state index contributed by atoms with van der Waals surface area (Å²) in [5.74, 6) is -0.333. The normalized spacial score (nSPS) is 33.8. The highest BCUT2D eigenvalue weighted by Crippen LogP contribution is 2.43. The minimum absolute atomic E-state index is 0.0714. The van der Waals surface area contributed by atoms with E-state index >= 15 is 0 Å². The van der Waals surface area contributed by atoms with Crippen molar-refractivity contribution in [3.63, 3.8) is 0 Å². The average Bonchev–Trinajstić information content (AvgIpc) is 2.79. The Bertz CT molecular complexity index is 752. The largest absolute Gasteiger partial charge is 0.353 e. The van der Waals surface area contributed by atoms with E-state index in [1.54, 1.807) is 0 Å². The van der Waals surface area contributed by atoms with Crippen molar-refractivity contribution in [2.75, 3.05) is 13.2 Å². The lowest BCUT2D eigenvalue weighted by atomic mass is 9.74. The summed E-state index contributed by atoms with van der Waals surface area (Å²) in [7, 11) is 0. The summed E-state index contributed by atoms with van der Waals surface area (Å²) in [6.45, 7) is 3.76. The van der Waals surface area contributed by atoms with Crippen LogP contribution >= 0.6 is 11.6 Å². The van der Waals surface area contributed by atoms with Crippen molar-refractivity contribution in [1.82, 2.24) is 0 Å². The summed E-state index contributed by atoms with van der Waals surface area (Å²) in [4.78, 5) is 0. The molecule has 1 heterocycles. The van der Waals surface area contributed by atoms with Crippen molar-refractivity contribution in [3.8, 4) is 0 Å². The molecule has 0 bridgehead atoms. The van der Waals surface area contributed by atoms with Gasteiger partial charge >= 0.3 is 5.38 Å². The zero-order valence-electron chi connectivity index (χ0n) is 19.3. The second kappa shape index (κ2) is 10.8. The van der Waals surface area contributed by atoms with Gasteiger partial charge in [0.25, 0.3) is 0 Å². The van der Waals surface area contributed by atoms with E-state index in [2.05, 4.69) is 6.92 Å². The molecule has 1 aromatic rings. The van der Waals surface area contributed by atoms with Crippen molar-refractivity contribution in [3.05, 3.63) is 34.9 Å². The van der Waals surface area contributed by atoms with Crippen molar-refractivity contribution in [2.45, 2.75) is 88.7 Å². The fraction of sp³-hybridized carbons (Fsp3) is 0.769. The van der Waals surface area contributed by atoms with Crippen molar-refractivity contribution >= 4 is 11.6 Å². The highest BCUT2D eigenvalue weighted by atomic mass is 35.5. The van der Waals surface area contributed by atoms with Gasteiger partial charge in [0.05, 0.1) is 13.2 Å². The SMILES string of the molecule is CCCC1CCC(C2COC(C3CCC(c4cc(F)c(C(F)(F)Cl)c(F)c4)CC3)OC2)CC1. The molecular formula is C26H35ClF4O2. The first kappa shape index (κ1) is 25.2. The standard InChI is InChI=1S/C26H35ClF4O2/c1-2-3-16-4-6-18(7-5-16)21-14-32-25(33-15-21)19-10-8-17(9-11-19)20-12-22(28)24(23(29)13-20)26(27,30)31/h12-13,16-19,21,25H,2-11,14-15H2,1H3. The molecule has 2 nitrogen and oxygen atoms in total. The van der Waals surface area contributed by atoms with Gasteiger partial charge in [-0.3, -0.25) is 0 Å². The highest BCUT2D eigenvalue weighted by molar-refractivity contribution is 6.21. The van der Waals surface area contributed by atoms with Crippen LogP contribution in [0.2, 0.25) is 0 Å². The molecule has 0 unspecified atom stereocenters. The lowest BCUT2D eigenvalue weighted by Crippen LogP contribution is -2.41. The number of hydrogen-bond donors (Lipinski definition) is 0. The number of ether oxygens (including phenoxy) is 2. The lowest BCUT2D eigenvalue weighted by molar-refractivity contribution is -0.236. The lowest BCUT2D eigenvalue weighted by Gasteiger charge is -2.41. The molecule has 4 rings (SSSR count). The zero-order chi connectivity index (χ0) is 23.6. The number of halogens is 5. The molecule has 0 spiro atoms. The molecule has 186 valence electrons. The van der Waals surface area contributed by atoms with E-state index in [1.165, 1.54) is 38.5 Å². The summed E-state index contributed by atoms with van der Waals surface area (Å²) in [5, 5.41) is -4.06. The Balaban J connectivity index is 1.25. The number of benzene rings is 1. The Morgan fingerprint density at radius 1 is 0.848 bits per heavy atom. The molecule has 1 saturated heterocycles. The second-order valence-electron chi connectivity index (χ2n) is 10.3. The van der Waals surface area contributed by atoms with Crippen LogP contribution in [0.15, 0.2) is 12.1 Å². The van der Waals surface area contributed by atoms with E-state index in [-0.39, 0.29) is 18.1 Å². The van der Waals surface area contributed by atoms with Crippen LogP contribution in [0, 0.1) is 35.3 Å². The molecule has 2 aliphatic carbocycles. The molecule has 0 radical (unpaired) electrons. The molecule has 33 heavy (non-hydrogen) atoms. The number of alkyl halides is 3. The van der Waals surface area contributed by atoms with E-state index in [1.807, 2.05) is 0 Å². The number of hydrogen-bond acceptors (Lipinski definition) is 2. The Morgan fingerprint density at radius 3 is 1.91 bits per heavy atom. The molecule has 0 N–H and O–H groups in total. The third kappa shape index (κ3) is 6.05. The Morgan fingerprint density at radius 2 is 1.39 bits per heavy atom. The van der Waals surface area contributed by atoms with Gasteiger partial charge in [-0.2, -0.15) is 8.78 Å². The van der Waals surface area contributed by atoms with Gasteiger partial charge in [-0.15, -0.1) is 0 Å². The van der Waals surface area contributed by atoms with Crippen LogP contribution in [-0.4, -0.2) is 19.5 Å². The monoisotopic (exact) mass is 490 g/mol. The van der Waals surface area contributed by atoms with Crippen molar-refractivity contribution in [1.29, 1.82) is 0 Å². The maximum atomic E-state index is 14.1. The van der Waals surface area contributed by atoms with E-state index in [4.69, 9.17) is 21.1 Å². The fourth-order valence-electron chi connectivity index (χ4n) is 6.26. The van der Waals surface area contributed by atoms with Gasteiger partial charge < -0.3 is 9.47 Å². The molecule has 0 aromatic heterocycles. The first-order valence-electron chi connectivity index (χ1n) is 12.6. The van der Waals surface area contributed by atoms with Crippen LogP contribution in [0.3, 0.4) is 0 Å². The highest BCUT2D eigenvalue weighted by Gasteiger charge is 2.38. The van der Waals surface area contributed by atoms with E-state index in [9.17, 15) is 17.6 Å². The summed E-state index contributed by atoms with van der Waals surface area (Å²) in [5.41, 5.74) is -0.962. The van der Waals surface area contributed by atoms with Crippen LogP contribution in [0.25, 0.3) is 0 Å². The minimum Gasteiger partial charge on any atom is -0.352 e. The predicted molar refractivity (Wildman–Crippen MR) is 120 cm³/mol. The Kier molecular flexibility index (Phi) is 8.28. The molecule has 0 amide bonds. The maximum absolute atomic E-state index is 14.1. The summed E-state index contributed by atoms with van der Waals surface area (Å²) in [6, 6.07) is 2.01. The van der Waals surface area contributed by atoms with Gasteiger partial charge in [-0.1, -0.05) is 32.6 Å². The zero-order valence-corrected chi connectivity index (χ0v) is 20.1. The van der Waals surface area contributed by atoms with E-state index in [0.717, 1.165) is 44.1 Å². The van der Waals surface area contributed by atoms with Gasteiger partial charge in [-0.25, -0.2) is 8.78 Å². The predicted octanol–water partition coefficient (Wildman–Crippen LogP) is 8.12. The minimum atomic E-state index is -4.06. The van der Waals surface area contributed by atoms with Crippen molar-refractivity contribution in [2.24, 2.45) is 23.7 Å². The Labute approximate surface area is 199 Å². The van der Waals surface area contributed by atoms with E-state index in [0.29, 0.717) is 30.2 Å². The topological polar surface area (TPSA) is 18.5 Å². The summed E-state index contributed by atoms with van der Waals surface area (Å²) in [6.07, 6.45) is 10.7. The van der Waals surface area contributed by atoms with Gasteiger partial charge in [0, 0.05) is 11.8 Å². The van der Waals surface area contributed by atoms with Crippen LogP contribution < -0.4 is 0 Å². The summed E-state index contributed by atoms with van der Waals surface area (Å²) < 4.78 is 67.1. The third-order valence-corrected chi connectivity index (χ3v) is 8.37. The summed E-state index contributed by atoms with van der Waals surface area (Å²) >= 11 is 4.85. The molecule has 7 heteroatoms. The van der Waals surface area contributed by atoms with Gasteiger partial charge in [0.1, 0.15) is 17.2 Å². The fourth-order valence-corrected chi connectivity index (χ4v) is 6.44. The molecule has 3 aliphatic rings. The molecular weight excluding hydrogens is 456 g/mol. The average molecular weight is 491 g/mol. The maximum Gasteiger partial charge on any atom is 0.353 e. The Hall–Kier alpha value is -0.850. The van der Waals surface area contributed by atoms with Crippen LogP contribution in [0.4, 0.5) is 17.6 Å². The van der Waals surface area contributed by atoms with Crippen LogP contribution in [0.1, 0.15) is 88.2 Å². The van der Waals surface area contributed by atoms with Crippen molar-refractivity contribution < 1.29 is 27.0 Å². The quantitative estimate of drug-likeness (QED) is 0.296. The molecule has 1 aliphatic heterocycles. The van der Waals surface area contributed by atoms with Gasteiger partial charge in [-0.05, 0) is 85.6 Å². The smallest absolute Gasteiger partial charge is 0.352 e.